The van der Waals surface area contributed by atoms with Gasteiger partial charge in [0, 0.05) is 29.9 Å². The van der Waals surface area contributed by atoms with Crippen molar-refractivity contribution in [3.63, 3.8) is 0 Å². The number of primary amides is 1. The number of amides is 4. The summed E-state index contributed by atoms with van der Waals surface area (Å²) < 4.78 is 0. The minimum Gasteiger partial charge on any atom is -0.480 e. The number of hydrogen-bond acceptors (Lipinski definition) is 7. The lowest BCUT2D eigenvalue weighted by Gasteiger charge is -2.26. The lowest BCUT2D eigenvalue weighted by atomic mass is 9.98. The fourth-order valence-corrected chi connectivity index (χ4v) is 3.80. The number of hydrogen-bond donors (Lipinski definition) is 8. The maximum Gasteiger partial charge on any atom is 0.328 e. The molecule has 13 heteroatoms. The van der Waals surface area contributed by atoms with Crippen LogP contribution in [-0.4, -0.2) is 75.6 Å². The van der Waals surface area contributed by atoms with Crippen LogP contribution in [0.3, 0.4) is 0 Å². The van der Waals surface area contributed by atoms with E-state index in [0.29, 0.717) is 12.0 Å². The zero-order valence-electron chi connectivity index (χ0n) is 21.4. The van der Waals surface area contributed by atoms with Crippen molar-refractivity contribution in [1.82, 2.24) is 20.9 Å². The summed E-state index contributed by atoms with van der Waals surface area (Å²) >= 11 is 0. The van der Waals surface area contributed by atoms with Crippen molar-refractivity contribution in [1.29, 1.82) is 0 Å². The van der Waals surface area contributed by atoms with Crippen LogP contribution in [0.2, 0.25) is 0 Å². The minimum atomic E-state index is -1.59. The van der Waals surface area contributed by atoms with Gasteiger partial charge in [-0.1, -0.05) is 38.5 Å². The van der Waals surface area contributed by atoms with Gasteiger partial charge in [0.2, 0.25) is 23.6 Å². The molecule has 0 aliphatic carbocycles. The number of aliphatic carboxylic acids is 1. The lowest BCUT2D eigenvalue weighted by Crippen LogP contribution is -2.58. The van der Waals surface area contributed by atoms with E-state index in [1.54, 1.807) is 19.2 Å². The van der Waals surface area contributed by atoms with Gasteiger partial charge in [0.1, 0.15) is 18.1 Å². The fraction of sp³-hybridized carbons (Fsp3) is 0.480. The lowest BCUT2D eigenvalue weighted by molar-refractivity contribution is -0.143. The van der Waals surface area contributed by atoms with Crippen LogP contribution in [0, 0.1) is 5.92 Å². The van der Waals surface area contributed by atoms with E-state index in [1.807, 2.05) is 25.1 Å². The summed E-state index contributed by atoms with van der Waals surface area (Å²) in [5.41, 5.74) is 12.7. The van der Waals surface area contributed by atoms with Gasteiger partial charge in [-0.3, -0.25) is 19.2 Å². The van der Waals surface area contributed by atoms with Crippen molar-refractivity contribution in [2.45, 2.75) is 63.7 Å². The van der Waals surface area contributed by atoms with Crippen molar-refractivity contribution < 1.29 is 34.2 Å². The second-order valence-electron chi connectivity index (χ2n) is 9.18. The van der Waals surface area contributed by atoms with E-state index >= 15 is 0 Å². The molecule has 0 aliphatic rings. The van der Waals surface area contributed by atoms with Gasteiger partial charge in [-0.05, 0) is 24.0 Å². The maximum atomic E-state index is 13.3. The van der Waals surface area contributed by atoms with Crippen LogP contribution in [0.5, 0.6) is 0 Å². The third kappa shape index (κ3) is 8.28. The van der Waals surface area contributed by atoms with Crippen LogP contribution in [-0.2, 0) is 30.4 Å². The number of fused-ring (bicyclic) bond motifs is 1. The predicted octanol–water partition coefficient (Wildman–Crippen LogP) is -1.12. The van der Waals surface area contributed by atoms with Crippen LogP contribution in [0.1, 0.15) is 38.7 Å². The number of carboxylic acid groups (broad SMARTS) is 1. The van der Waals surface area contributed by atoms with E-state index in [2.05, 4.69) is 20.9 Å². The number of benzene rings is 1. The maximum absolute atomic E-state index is 13.3. The predicted molar refractivity (Wildman–Crippen MR) is 138 cm³/mol. The number of aliphatic hydroxyl groups is 1. The largest absolute Gasteiger partial charge is 0.480 e. The van der Waals surface area contributed by atoms with Gasteiger partial charge in [0.05, 0.1) is 12.6 Å². The van der Waals surface area contributed by atoms with Crippen LogP contribution < -0.4 is 27.4 Å². The molecule has 2 aromatic rings. The molecule has 0 spiro atoms. The van der Waals surface area contributed by atoms with E-state index < -0.39 is 60.4 Å². The SMILES string of the molecule is CCC(C)C(N)C(=O)NC(CCC(N)=O)C(=O)NC(Cc1c[nH]c2ccccc12)C(=O)NC(CO)C(=O)O. The second kappa shape index (κ2) is 14.1. The van der Waals surface area contributed by atoms with Crippen molar-refractivity contribution in [3.8, 4) is 0 Å². The first-order valence-electron chi connectivity index (χ1n) is 12.3. The summed E-state index contributed by atoms with van der Waals surface area (Å²) in [7, 11) is 0. The molecular formula is C25H36N6O7. The first-order chi connectivity index (χ1) is 18.0. The number of rotatable bonds is 15. The van der Waals surface area contributed by atoms with E-state index in [4.69, 9.17) is 11.5 Å². The number of nitrogens with one attached hydrogen (secondary N) is 4. The summed E-state index contributed by atoms with van der Waals surface area (Å²) in [4.78, 5) is 64.8. The Morgan fingerprint density at radius 1 is 0.974 bits per heavy atom. The molecule has 38 heavy (non-hydrogen) atoms. The van der Waals surface area contributed by atoms with Gasteiger partial charge in [-0.2, -0.15) is 0 Å². The molecule has 13 nitrogen and oxygen atoms in total. The molecule has 0 fully saturated rings. The molecule has 5 atom stereocenters. The number of para-hydroxylation sites is 1. The van der Waals surface area contributed by atoms with E-state index in [9.17, 15) is 34.2 Å². The Morgan fingerprint density at radius 3 is 2.18 bits per heavy atom. The number of aliphatic hydroxyl groups excluding tert-OH is 1. The summed E-state index contributed by atoms with van der Waals surface area (Å²) in [5.74, 6) is -4.57. The molecule has 0 bridgehead atoms. The van der Waals surface area contributed by atoms with Crippen molar-refractivity contribution in [3.05, 3.63) is 36.0 Å². The number of carboxylic acids is 1. The smallest absolute Gasteiger partial charge is 0.328 e. The monoisotopic (exact) mass is 532 g/mol. The Morgan fingerprint density at radius 2 is 1.58 bits per heavy atom. The van der Waals surface area contributed by atoms with Gasteiger partial charge in [0.15, 0.2) is 0 Å². The summed E-state index contributed by atoms with van der Waals surface area (Å²) in [6.45, 7) is 2.78. The molecule has 0 aliphatic heterocycles. The zero-order valence-corrected chi connectivity index (χ0v) is 21.4. The first kappa shape index (κ1) is 30.3. The molecule has 5 unspecified atom stereocenters. The highest BCUT2D eigenvalue weighted by Gasteiger charge is 2.31. The Hall–Kier alpha value is -3.97. The Balaban J connectivity index is 2.32. The second-order valence-corrected chi connectivity index (χ2v) is 9.18. The molecule has 1 aromatic carbocycles. The third-order valence-electron chi connectivity index (χ3n) is 6.40. The summed E-state index contributed by atoms with van der Waals surface area (Å²) in [5, 5.41) is 26.7. The highest BCUT2D eigenvalue weighted by molar-refractivity contribution is 5.95. The topological polar surface area (TPSA) is 230 Å². The van der Waals surface area contributed by atoms with Crippen LogP contribution >= 0.6 is 0 Å². The molecule has 2 rings (SSSR count). The van der Waals surface area contributed by atoms with Crippen LogP contribution in [0.15, 0.2) is 30.5 Å². The number of nitrogens with two attached hydrogens (primary N) is 2. The third-order valence-corrected chi connectivity index (χ3v) is 6.40. The Bertz CT molecular complexity index is 1150. The Labute approximate surface area is 219 Å². The number of carbonyl (C=O) groups excluding carboxylic acids is 4. The van der Waals surface area contributed by atoms with Crippen molar-refractivity contribution in [2.24, 2.45) is 17.4 Å². The van der Waals surface area contributed by atoms with Crippen LogP contribution in [0.25, 0.3) is 10.9 Å². The molecule has 0 saturated heterocycles. The average Bonchev–Trinajstić information content (AvgIpc) is 3.30. The summed E-state index contributed by atoms with van der Waals surface area (Å²) in [6.07, 6.45) is 1.88. The molecular weight excluding hydrogens is 496 g/mol. The first-order valence-corrected chi connectivity index (χ1v) is 12.3. The number of aromatic amines is 1. The van der Waals surface area contributed by atoms with E-state index in [0.717, 1.165) is 10.9 Å². The molecule has 208 valence electrons. The fourth-order valence-electron chi connectivity index (χ4n) is 3.80. The summed E-state index contributed by atoms with van der Waals surface area (Å²) in [6, 6.07) is 2.24. The highest BCUT2D eigenvalue weighted by Crippen LogP contribution is 2.19. The molecule has 4 amide bonds. The molecule has 1 heterocycles. The van der Waals surface area contributed by atoms with Gasteiger partial charge in [-0.15, -0.1) is 0 Å². The van der Waals surface area contributed by atoms with Gasteiger partial charge in [-0.25, -0.2) is 4.79 Å². The number of carbonyl (C=O) groups is 5. The molecule has 0 saturated carbocycles. The van der Waals surface area contributed by atoms with Crippen LogP contribution in [0.4, 0.5) is 0 Å². The van der Waals surface area contributed by atoms with E-state index in [-0.39, 0.29) is 25.2 Å². The standard InChI is InChI=1S/C25H36N6O7/c1-3-13(2)21(27)24(36)29-17(8-9-20(26)33)22(34)30-18(23(35)31-19(12-32)25(37)38)10-14-11-28-16-7-5-4-6-15(14)16/h4-7,11,13,17-19,21,28,32H,3,8-10,12,27H2,1-2H3,(H2,26,33)(H,29,36)(H,30,34)(H,31,35)(H,37,38). The minimum absolute atomic E-state index is 0.0395. The molecule has 1 aromatic heterocycles. The number of aromatic nitrogens is 1. The molecule has 0 radical (unpaired) electrons. The van der Waals surface area contributed by atoms with Gasteiger partial charge in [0.25, 0.3) is 0 Å². The van der Waals surface area contributed by atoms with E-state index in [1.165, 1.54) is 0 Å². The quantitative estimate of drug-likeness (QED) is 0.140. The number of H-pyrrole nitrogens is 1. The Kier molecular flexibility index (Phi) is 11.2. The highest BCUT2D eigenvalue weighted by atomic mass is 16.4. The average molecular weight is 533 g/mol. The molecule has 10 N–H and O–H groups in total. The normalized spacial score (nSPS) is 15.1. The van der Waals surface area contributed by atoms with Gasteiger partial charge < -0.3 is 42.6 Å². The van der Waals surface area contributed by atoms with Crippen molar-refractivity contribution >= 4 is 40.5 Å². The van der Waals surface area contributed by atoms with Crippen molar-refractivity contribution in [2.75, 3.05) is 6.61 Å². The zero-order chi connectivity index (χ0) is 28.4. The van der Waals surface area contributed by atoms with Gasteiger partial charge >= 0.3 is 5.97 Å².